The van der Waals surface area contributed by atoms with Crippen molar-refractivity contribution < 1.29 is 4.79 Å². The third-order valence-corrected chi connectivity index (χ3v) is 4.56. The van der Waals surface area contributed by atoms with E-state index in [4.69, 9.17) is 11.6 Å². The maximum Gasteiger partial charge on any atom is 0.227 e. The first kappa shape index (κ1) is 16.6. The zero-order chi connectivity index (χ0) is 16.9. The Kier molecular flexibility index (Phi) is 5.25. The lowest BCUT2D eigenvalue weighted by Crippen LogP contribution is -2.46. The number of rotatable bonds is 4. The van der Waals surface area contributed by atoms with E-state index in [-0.39, 0.29) is 5.91 Å². The molecule has 1 saturated heterocycles. The van der Waals surface area contributed by atoms with Crippen LogP contribution in [0.2, 0.25) is 5.02 Å². The smallest absolute Gasteiger partial charge is 0.227 e. The van der Waals surface area contributed by atoms with Gasteiger partial charge < -0.3 is 9.80 Å². The highest BCUT2D eigenvalue weighted by Gasteiger charge is 2.26. The Hall–Kier alpha value is -2.21. The minimum Gasteiger partial charge on any atom is -0.342 e. The molecule has 7 heteroatoms. The molecule has 0 aliphatic carbocycles. The zero-order valence-corrected chi connectivity index (χ0v) is 14.4. The number of hydrogen-bond acceptors (Lipinski definition) is 5. The van der Waals surface area contributed by atoms with Gasteiger partial charge in [0.25, 0.3) is 0 Å². The van der Waals surface area contributed by atoms with Crippen LogP contribution in [0.5, 0.6) is 0 Å². The lowest BCUT2D eigenvalue weighted by atomic mass is 10.0. The van der Waals surface area contributed by atoms with Gasteiger partial charge in [-0.2, -0.15) is 0 Å². The largest absolute Gasteiger partial charge is 0.342 e. The molecule has 0 atom stereocenters. The molecule has 1 fully saturated rings. The lowest BCUT2D eigenvalue weighted by Gasteiger charge is -2.36. The molecule has 24 heavy (non-hydrogen) atoms. The van der Waals surface area contributed by atoms with Gasteiger partial charge in [0.05, 0.1) is 23.8 Å². The van der Waals surface area contributed by atoms with Crippen LogP contribution >= 0.6 is 11.6 Å². The van der Waals surface area contributed by atoms with E-state index in [0.29, 0.717) is 23.4 Å². The van der Waals surface area contributed by atoms with Crippen LogP contribution in [0.1, 0.15) is 18.4 Å². The first-order valence-electron chi connectivity index (χ1n) is 8.00. The van der Waals surface area contributed by atoms with Crippen LogP contribution in [-0.2, 0) is 11.2 Å². The van der Waals surface area contributed by atoms with Crippen molar-refractivity contribution in [2.24, 2.45) is 0 Å². The molecule has 0 radical (unpaired) electrons. The maximum atomic E-state index is 12.4. The monoisotopic (exact) mass is 345 g/mol. The fourth-order valence-electron chi connectivity index (χ4n) is 2.94. The molecule has 1 amide bonds. The van der Waals surface area contributed by atoms with Crippen LogP contribution in [0.15, 0.2) is 36.9 Å². The molecular weight excluding hydrogens is 326 g/mol. The van der Waals surface area contributed by atoms with Crippen LogP contribution in [-0.4, -0.2) is 51.9 Å². The molecule has 2 aromatic rings. The molecular formula is C17H20ClN5O. The third-order valence-electron chi connectivity index (χ3n) is 4.37. The number of amides is 1. The van der Waals surface area contributed by atoms with Gasteiger partial charge in [-0.05, 0) is 24.5 Å². The van der Waals surface area contributed by atoms with Gasteiger partial charge in [-0.1, -0.05) is 17.7 Å². The van der Waals surface area contributed by atoms with E-state index in [1.54, 1.807) is 24.8 Å². The molecule has 3 rings (SSSR count). The van der Waals surface area contributed by atoms with Crippen molar-refractivity contribution in [1.29, 1.82) is 0 Å². The van der Waals surface area contributed by atoms with Crippen LogP contribution < -0.4 is 4.90 Å². The average Bonchev–Trinajstić information content (AvgIpc) is 2.63. The summed E-state index contributed by atoms with van der Waals surface area (Å²) in [5.74, 6) is 0.825. The first-order valence-corrected chi connectivity index (χ1v) is 8.38. The lowest BCUT2D eigenvalue weighted by molar-refractivity contribution is -0.131. The van der Waals surface area contributed by atoms with Crippen molar-refractivity contribution in [3.8, 4) is 0 Å². The summed E-state index contributed by atoms with van der Waals surface area (Å²) in [4.78, 5) is 29.0. The number of piperidine rings is 1. The van der Waals surface area contributed by atoms with E-state index in [9.17, 15) is 4.79 Å². The minimum atomic E-state index is 0.159. The summed E-state index contributed by atoms with van der Waals surface area (Å²) < 4.78 is 0. The quantitative estimate of drug-likeness (QED) is 0.850. The number of hydrogen-bond donors (Lipinski definition) is 0. The van der Waals surface area contributed by atoms with Crippen molar-refractivity contribution in [3.63, 3.8) is 0 Å². The van der Waals surface area contributed by atoms with Crippen LogP contribution in [0.3, 0.4) is 0 Å². The van der Waals surface area contributed by atoms with Crippen LogP contribution in [0.25, 0.3) is 0 Å². The fraction of sp³-hybridized carbons (Fsp3) is 0.412. The number of carbonyl (C=O) groups is 1. The Bertz CT molecular complexity index is 671. The van der Waals surface area contributed by atoms with Crippen LogP contribution in [0.4, 0.5) is 5.95 Å². The maximum absolute atomic E-state index is 12.4. The van der Waals surface area contributed by atoms with Gasteiger partial charge in [0.2, 0.25) is 11.9 Å². The molecule has 0 spiro atoms. The van der Waals surface area contributed by atoms with E-state index < -0.39 is 0 Å². The topological polar surface area (TPSA) is 62.2 Å². The van der Waals surface area contributed by atoms with Gasteiger partial charge in [0.15, 0.2) is 0 Å². The Labute approximate surface area is 146 Å². The van der Waals surface area contributed by atoms with E-state index in [1.807, 2.05) is 24.1 Å². The molecule has 0 N–H and O–H groups in total. The van der Waals surface area contributed by atoms with Gasteiger partial charge in [-0.15, -0.1) is 0 Å². The van der Waals surface area contributed by atoms with E-state index in [0.717, 1.165) is 31.5 Å². The Morgan fingerprint density at radius 3 is 2.62 bits per heavy atom. The van der Waals surface area contributed by atoms with Gasteiger partial charge in [-0.25, -0.2) is 9.97 Å². The molecule has 0 unspecified atom stereocenters. The van der Waals surface area contributed by atoms with Crippen LogP contribution in [0, 0.1) is 0 Å². The molecule has 0 aromatic carbocycles. The van der Waals surface area contributed by atoms with Gasteiger partial charge >= 0.3 is 0 Å². The second-order valence-corrected chi connectivity index (χ2v) is 6.40. The van der Waals surface area contributed by atoms with E-state index in [2.05, 4.69) is 19.9 Å². The summed E-state index contributed by atoms with van der Waals surface area (Å²) in [5.41, 5.74) is 0.955. The molecule has 1 aliphatic rings. The summed E-state index contributed by atoms with van der Waals surface area (Å²) >= 11 is 5.83. The van der Waals surface area contributed by atoms with Crippen molar-refractivity contribution in [3.05, 3.63) is 47.5 Å². The summed E-state index contributed by atoms with van der Waals surface area (Å²) in [6.07, 6.45) is 8.89. The highest BCUT2D eigenvalue weighted by molar-refractivity contribution is 6.30. The van der Waals surface area contributed by atoms with Gasteiger partial charge in [-0.3, -0.25) is 9.78 Å². The highest BCUT2D eigenvalue weighted by atomic mass is 35.5. The average molecular weight is 346 g/mol. The number of anilines is 1. The number of halogens is 1. The number of nitrogens with zero attached hydrogens (tertiary/aromatic N) is 5. The normalized spacial score (nSPS) is 15.3. The Morgan fingerprint density at radius 1 is 1.29 bits per heavy atom. The number of carbonyl (C=O) groups excluding carboxylic acids is 1. The van der Waals surface area contributed by atoms with Crippen molar-refractivity contribution >= 4 is 23.5 Å². The standard InChI is InChI=1S/C17H20ClN5O/c1-22(17-20-11-14(18)12-21-17)15-4-7-23(8-5-15)16(24)9-13-3-2-6-19-10-13/h2-3,6,10-12,15H,4-5,7-9H2,1H3. The zero-order valence-electron chi connectivity index (χ0n) is 13.6. The summed E-state index contributed by atoms with van der Waals surface area (Å²) in [5, 5.41) is 0.531. The first-order chi connectivity index (χ1) is 11.6. The van der Waals surface area contributed by atoms with E-state index in [1.165, 1.54) is 0 Å². The molecule has 126 valence electrons. The summed E-state index contributed by atoms with van der Waals surface area (Å²) in [6, 6.07) is 4.12. The van der Waals surface area contributed by atoms with Crippen molar-refractivity contribution in [2.75, 3.05) is 25.0 Å². The fourth-order valence-corrected chi connectivity index (χ4v) is 3.04. The molecule has 2 aromatic heterocycles. The minimum absolute atomic E-state index is 0.159. The number of pyridine rings is 1. The molecule has 0 saturated carbocycles. The van der Waals surface area contributed by atoms with E-state index >= 15 is 0 Å². The molecule has 0 bridgehead atoms. The highest BCUT2D eigenvalue weighted by Crippen LogP contribution is 2.20. The molecule has 3 heterocycles. The Morgan fingerprint density at radius 2 is 2.00 bits per heavy atom. The van der Waals surface area contributed by atoms with Crippen molar-refractivity contribution in [1.82, 2.24) is 19.9 Å². The Balaban J connectivity index is 1.53. The second-order valence-electron chi connectivity index (χ2n) is 5.96. The number of likely N-dealkylation sites (tertiary alicyclic amines) is 1. The summed E-state index contributed by atoms with van der Waals surface area (Å²) in [7, 11) is 1.99. The predicted molar refractivity (Wildman–Crippen MR) is 93.0 cm³/mol. The predicted octanol–water partition coefficient (Wildman–Crippen LogP) is 2.19. The molecule has 1 aliphatic heterocycles. The number of aromatic nitrogens is 3. The summed E-state index contributed by atoms with van der Waals surface area (Å²) in [6.45, 7) is 1.50. The second kappa shape index (κ2) is 7.57. The van der Waals surface area contributed by atoms with Crippen molar-refractivity contribution in [2.45, 2.75) is 25.3 Å². The SMILES string of the molecule is CN(c1ncc(Cl)cn1)C1CCN(C(=O)Cc2cccnc2)CC1. The molecule has 6 nitrogen and oxygen atoms in total. The third kappa shape index (κ3) is 4.00. The van der Waals surface area contributed by atoms with Gasteiger partial charge in [0, 0.05) is 38.6 Å². The van der Waals surface area contributed by atoms with Gasteiger partial charge in [0.1, 0.15) is 0 Å².